The second-order valence-electron chi connectivity index (χ2n) is 5.68. The molecule has 1 atom stereocenters. The first-order chi connectivity index (χ1) is 11.6. The zero-order valence-corrected chi connectivity index (χ0v) is 14.4. The Kier molecular flexibility index (Phi) is 4.80. The molecule has 1 aromatic carbocycles. The fourth-order valence-corrected chi connectivity index (χ4v) is 3.32. The van der Waals surface area contributed by atoms with Gasteiger partial charge in [-0.25, -0.2) is 4.98 Å². The van der Waals surface area contributed by atoms with Gasteiger partial charge in [-0.2, -0.15) is 0 Å². The van der Waals surface area contributed by atoms with E-state index in [0.717, 1.165) is 22.1 Å². The van der Waals surface area contributed by atoms with Crippen molar-refractivity contribution in [3.8, 4) is 5.75 Å². The highest BCUT2D eigenvalue weighted by molar-refractivity contribution is 7.09. The van der Waals surface area contributed by atoms with E-state index in [9.17, 15) is 9.59 Å². The highest BCUT2D eigenvalue weighted by atomic mass is 32.1. The van der Waals surface area contributed by atoms with E-state index in [-0.39, 0.29) is 24.2 Å². The van der Waals surface area contributed by atoms with Gasteiger partial charge in [0.1, 0.15) is 5.75 Å². The summed E-state index contributed by atoms with van der Waals surface area (Å²) >= 11 is 1.55. The molecule has 0 spiro atoms. The Hall–Kier alpha value is -2.41. The number of hydrogen-bond donors (Lipinski definition) is 1. The highest BCUT2D eigenvalue weighted by Crippen LogP contribution is 2.27. The quantitative estimate of drug-likeness (QED) is 0.901. The Bertz CT molecular complexity index is 742. The SMILES string of the molecule is COc1ccc(N2CC(C(=O)NCc3csc(C)n3)CC2=O)cc1. The monoisotopic (exact) mass is 345 g/mol. The summed E-state index contributed by atoms with van der Waals surface area (Å²) in [5, 5.41) is 5.77. The first-order valence-electron chi connectivity index (χ1n) is 7.70. The summed E-state index contributed by atoms with van der Waals surface area (Å²) in [5.74, 6) is 0.257. The number of rotatable bonds is 5. The van der Waals surface area contributed by atoms with Crippen LogP contribution >= 0.6 is 11.3 Å². The van der Waals surface area contributed by atoms with Crippen molar-refractivity contribution in [2.24, 2.45) is 5.92 Å². The zero-order valence-electron chi connectivity index (χ0n) is 13.6. The van der Waals surface area contributed by atoms with Gasteiger partial charge in [-0.3, -0.25) is 9.59 Å². The van der Waals surface area contributed by atoms with Gasteiger partial charge in [-0.15, -0.1) is 11.3 Å². The number of thiazole rings is 1. The molecule has 2 aromatic rings. The van der Waals surface area contributed by atoms with Crippen molar-refractivity contribution in [1.29, 1.82) is 0 Å². The van der Waals surface area contributed by atoms with Crippen LogP contribution in [0.2, 0.25) is 0 Å². The van der Waals surface area contributed by atoms with Crippen molar-refractivity contribution < 1.29 is 14.3 Å². The Morgan fingerprint density at radius 3 is 2.79 bits per heavy atom. The first-order valence-corrected chi connectivity index (χ1v) is 8.58. The highest BCUT2D eigenvalue weighted by Gasteiger charge is 2.35. The summed E-state index contributed by atoms with van der Waals surface area (Å²) in [7, 11) is 1.60. The molecule has 24 heavy (non-hydrogen) atoms. The van der Waals surface area contributed by atoms with Crippen molar-refractivity contribution in [2.45, 2.75) is 19.9 Å². The first kappa shape index (κ1) is 16.4. The average Bonchev–Trinajstić information content (AvgIpc) is 3.18. The third kappa shape index (κ3) is 3.56. The Morgan fingerprint density at radius 2 is 2.17 bits per heavy atom. The number of anilines is 1. The van der Waals surface area contributed by atoms with Crippen molar-refractivity contribution >= 4 is 28.8 Å². The Morgan fingerprint density at radius 1 is 1.42 bits per heavy atom. The average molecular weight is 345 g/mol. The van der Waals surface area contributed by atoms with E-state index in [2.05, 4.69) is 10.3 Å². The summed E-state index contributed by atoms with van der Waals surface area (Å²) < 4.78 is 5.12. The third-order valence-corrected chi connectivity index (χ3v) is 4.81. The predicted molar refractivity (Wildman–Crippen MR) is 92.2 cm³/mol. The number of carbonyl (C=O) groups is 2. The standard InChI is InChI=1S/C17H19N3O3S/c1-11-19-13(10-24-11)8-18-17(22)12-7-16(21)20(9-12)14-3-5-15(23-2)6-4-14/h3-6,10,12H,7-9H2,1-2H3,(H,18,22). The molecule has 0 saturated carbocycles. The number of methoxy groups -OCH3 is 1. The molecule has 0 bridgehead atoms. The molecule has 7 heteroatoms. The molecule has 1 unspecified atom stereocenters. The smallest absolute Gasteiger partial charge is 0.227 e. The van der Waals surface area contributed by atoms with Crippen LogP contribution in [0.3, 0.4) is 0 Å². The second kappa shape index (κ2) is 7.00. The minimum Gasteiger partial charge on any atom is -0.497 e. The minimum absolute atomic E-state index is 0.0372. The summed E-state index contributed by atoms with van der Waals surface area (Å²) in [6, 6.07) is 7.27. The summed E-state index contributed by atoms with van der Waals surface area (Å²) in [4.78, 5) is 30.5. The van der Waals surface area contributed by atoms with E-state index in [1.165, 1.54) is 0 Å². The summed E-state index contributed by atoms with van der Waals surface area (Å²) in [6.07, 6.45) is 0.230. The molecular formula is C17H19N3O3S. The van der Waals surface area contributed by atoms with Gasteiger partial charge in [0.25, 0.3) is 0 Å². The van der Waals surface area contributed by atoms with Crippen molar-refractivity contribution in [3.05, 3.63) is 40.3 Å². The number of benzene rings is 1. The van der Waals surface area contributed by atoms with Gasteiger partial charge < -0.3 is 15.0 Å². The van der Waals surface area contributed by atoms with Crippen LogP contribution in [-0.4, -0.2) is 30.5 Å². The lowest BCUT2D eigenvalue weighted by molar-refractivity contribution is -0.126. The van der Waals surface area contributed by atoms with Gasteiger partial charge in [-0.05, 0) is 31.2 Å². The van der Waals surface area contributed by atoms with Gasteiger partial charge in [0, 0.05) is 24.0 Å². The van der Waals surface area contributed by atoms with Crippen molar-refractivity contribution in [3.63, 3.8) is 0 Å². The van der Waals surface area contributed by atoms with E-state index >= 15 is 0 Å². The largest absolute Gasteiger partial charge is 0.497 e. The van der Waals surface area contributed by atoms with Crippen molar-refractivity contribution in [2.75, 3.05) is 18.6 Å². The van der Waals surface area contributed by atoms with E-state index in [0.29, 0.717) is 13.1 Å². The maximum atomic E-state index is 12.3. The lowest BCUT2D eigenvalue weighted by Gasteiger charge is -2.17. The van der Waals surface area contributed by atoms with E-state index in [1.807, 2.05) is 24.4 Å². The fourth-order valence-electron chi connectivity index (χ4n) is 2.71. The summed E-state index contributed by atoms with van der Waals surface area (Å²) in [5.41, 5.74) is 1.63. The minimum atomic E-state index is -0.334. The van der Waals surface area contributed by atoms with Crippen LogP contribution in [0.25, 0.3) is 0 Å². The molecule has 1 fully saturated rings. The Labute approximate surface area is 144 Å². The molecule has 0 radical (unpaired) electrons. The molecular weight excluding hydrogens is 326 g/mol. The number of amides is 2. The third-order valence-electron chi connectivity index (χ3n) is 3.99. The molecule has 126 valence electrons. The van der Waals surface area contributed by atoms with Crippen LogP contribution < -0.4 is 15.0 Å². The molecule has 2 heterocycles. The molecule has 6 nitrogen and oxygen atoms in total. The van der Waals surface area contributed by atoms with Gasteiger partial charge >= 0.3 is 0 Å². The number of aryl methyl sites for hydroxylation is 1. The normalized spacial score (nSPS) is 17.2. The van der Waals surface area contributed by atoms with Crippen LogP contribution in [0.4, 0.5) is 5.69 Å². The molecule has 3 rings (SSSR count). The lowest BCUT2D eigenvalue weighted by Crippen LogP contribution is -2.32. The van der Waals surface area contributed by atoms with Crippen molar-refractivity contribution in [1.82, 2.24) is 10.3 Å². The summed E-state index contributed by atoms with van der Waals surface area (Å²) in [6.45, 7) is 2.72. The zero-order chi connectivity index (χ0) is 17.1. The molecule has 0 aliphatic carbocycles. The van der Waals surface area contributed by atoms with Gasteiger partial charge in [0.2, 0.25) is 11.8 Å². The van der Waals surface area contributed by atoms with Crippen LogP contribution in [-0.2, 0) is 16.1 Å². The maximum Gasteiger partial charge on any atom is 0.227 e. The van der Waals surface area contributed by atoms with E-state index in [1.54, 1.807) is 35.5 Å². The number of ether oxygens (including phenoxy) is 1. The van der Waals surface area contributed by atoms with Crippen LogP contribution in [0.15, 0.2) is 29.6 Å². The maximum absolute atomic E-state index is 12.3. The molecule has 1 aromatic heterocycles. The molecule has 2 amide bonds. The van der Waals surface area contributed by atoms with Gasteiger partial charge in [-0.1, -0.05) is 0 Å². The number of aromatic nitrogens is 1. The predicted octanol–water partition coefficient (Wildman–Crippen LogP) is 2.13. The molecule has 1 aliphatic heterocycles. The molecule has 1 saturated heterocycles. The van der Waals surface area contributed by atoms with Crippen LogP contribution in [0, 0.1) is 12.8 Å². The Balaban J connectivity index is 1.59. The molecule has 1 aliphatic rings. The fraction of sp³-hybridized carbons (Fsp3) is 0.353. The number of nitrogens with zero attached hydrogens (tertiary/aromatic N) is 2. The topological polar surface area (TPSA) is 71.5 Å². The van der Waals surface area contributed by atoms with E-state index in [4.69, 9.17) is 4.74 Å². The molecule has 1 N–H and O–H groups in total. The second-order valence-corrected chi connectivity index (χ2v) is 6.74. The number of hydrogen-bond acceptors (Lipinski definition) is 5. The van der Waals surface area contributed by atoms with Gasteiger partial charge in [0.15, 0.2) is 0 Å². The van der Waals surface area contributed by atoms with Gasteiger partial charge in [0.05, 0.1) is 30.3 Å². The van der Waals surface area contributed by atoms with Crippen LogP contribution in [0.5, 0.6) is 5.75 Å². The number of carbonyl (C=O) groups excluding carboxylic acids is 2. The number of nitrogens with one attached hydrogen (secondary N) is 1. The lowest BCUT2D eigenvalue weighted by atomic mass is 10.1. The van der Waals surface area contributed by atoms with E-state index < -0.39 is 0 Å². The van der Waals surface area contributed by atoms with Crippen LogP contribution in [0.1, 0.15) is 17.1 Å².